The standard InChI is InChI=1S/C13H25NO2/c1-2-13-8-11(5-6-16-13)14-9-10-3-4-12(15)7-10/h10-15H,2-9H2,1H3. The molecule has 1 aliphatic carbocycles. The molecule has 0 aromatic rings. The molecular formula is C13H25NO2. The summed E-state index contributed by atoms with van der Waals surface area (Å²) < 4.78 is 5.67. The summed E-state index contributed by atoms with van der Waals surface area (Å²) in [6, 6.07) is 0.636. The maximum Gasteiger partial charge on any atom is 0.0587 e. The highest BCUT2D eigenvalue weighted by Gasteiger charge is 2.25. The molecule has 2 N–H and O–H groups in total. The number of rotatable bonds is 4. The molecule has 0 radical (unpaired) electrons. The molecule has 2 aliphatic rings. The molecule has 3 heteroatoms. The first-order valence-corrected chi connectivity index (χ1v) is 6.81. The summed E-state index contributed by atoms with van der Waals surface area (Å²) in [7, 11) is 0. The van der Waals surface area contributed by atoms with Crippen molar-refractivity contribution in [3.05, 3.63) is 0 Å². The van der Waals surface area contributed by atoms with Crippen molar-refractivity contribution in [1.29, 1.82) is 0 Å². The van der Waals surface area contributed by atoms with Gasteiger partial charge in [0.25, 0.3) is 0 Å². The number of nitrogens with one attached hydrogen (secondary N) is 1. The molecule has 0 aromatic carbocycles. The third kappa shape index (κ3) is 3.44. The van der Waals surface area contributed by atoms with Crippen molar-refractivity contribution in [2.45, 2.75) is 63.7 Å². The molecule has 4 atom stereocenters. The van der Waals surface area contributed by atoms with Crippen LogP contribution in [0.25, 0.3) is 0 Å². The molecular weight excluding hydrogens is 202 g/mol. The summed E-state index contributed by atoms with van der Waals surface area (Å²) in [5.74, 6) is 0.693. The highest BCUT2D eigenvalue weighted by Crippen LogP contribution is 2.25. The number of hydrogen-bond donors (Lipinski definition) is 2. The number of ether oxygens (including phenoxy) is 1. The molecule has 0 bridgehead atoms. The van der Waals surface area contributed by atoms with Crippen LogP contribution < -0.4 is 5.32 Å². The van der Waals surface area contributed by atoms with Crippen molar-refractivity contribution in [2.75, 3.05) is 13.2 Å². The van der Waals surface area contributed by atoms with Crippen molar-refractivity contribution >= 4 is 0 Å². The van der Waals surface area contributed by atoms with E-state index in [0.717, 1.165) is 45.3 Å². The fraction of sp³-hybridized carbons (Fsp3) is 1.00. The number of hydrogen-bond acceptors (Lipinski definition) is 3. The van der Waals surface area contributed by atoms with Crippen LogP contribution >= 0.6 is 0 Å². The monoisotopic (exact) mass is 227 g/mol. The Morgan fingerprint density at radius 2 is 2.12 bits per heavy atom. The average Bonchev–Trinajstić information content (AvgIpc) is 2.73. The zero-order valence-corrected chi connectivity index (χ0v) is 10.3. The van der Waals surface area contributed by atoms with E-state index in [1.807, 2.05) is 0 Å². The van der Waals surface area contributed by atoms with Crippen LogP contribution in [-0.4, -0.2) is 36.5 Å². The van der Waals surface area contributed by atoms with E-state index >= 15 is 0 Å². The lowest BCUT2D eigenvalue weighted by molar-refractivity contribution is -0.000632. The van der Waals surface area contributed by atoms with E-state index in [0.29, 0.717) is 18.1 Å². The van der Waals surface area contributed by atoms with E-state index < -0.39 is 0 Å². The minimum atomic E-state index is -0.0371. The van der Waals surface area contributed by atoms with Crippen LogP contribution in [0.3, 0.4) is 0 Å². The van der Waals surface area contributed by atoms with Gasteiger partial charge in [0.15, 0.2) is 0 Å². The molecule has 0 amide bonds. The van der Waals surface area contributed by atoms with E-state index in [-0.39, 0.29) is 6.10 Å². The summed E-state index contributed by atoms with van der Waals surface area (Å²) in [5, 5.41) is 13.1. The molecule has 0 aromatic heterocycles. The number of aliphatic hydroxyl groups excluding tert-OH is 1. The second-order valence-corrected chi connectivity index (χ2v) is 5.36. The largest absolute Gasteiger partial charge is 0.393 e. The topological polar surface area (TPSA) is 41.5 Å². The summed E-state index contributed by atoms with van der Waals surface area (Å²) in [6.45, 7) is 4.18. The Balaban J connectivity index is 1.65. The highest BCUT2D eigenvalue weighted by molar-refractivity contribution is 4.80. The SMILES string of the molecule is CCC1CC(NCC2CCC(O)C2)CCO1. The first-order valence-electron chi connectivity index (χ1n) is 6.81. The summed E-state index contributed by atoms with van der Waals surface area (Å²) in [4.78, 5) is 0. The van der Waals surface area contributed by atoms with Crippen LogP contribution in [0.1, 0.15) is 45.4 Å². The fourth-order valence-corrected chi connectivity index (χ4v) is 2.92. The lowest BCUT2D eigenvalue weighted by Crippen LogP contribution is -2.40. The van der Waals surface area contributed by atoms with Crippen molar-refractivity contribution in [2.24, 2.45) is 5.92 Å². The van der Waals surface area contributed by atoms with Crippen LogP contribution in [-0.2, 0) is 4.74 Å². The smallest absolute Gasteiger partial charge is 0.0587 e. The van der Waals surface area contributed by atoms with Gasteiger partial charge in [0.05, 0.1) is 12.2 Å². The van der Waals surface area contributed by atoms with Crippen LogP contribution in [0.4, 0.5) is 0 Å². The average molecular weight is 227 g/mol. The Morgan fingerprint density at radius 3 is 2.81 bits per heavy atom. The highest BCUT2D eigenvalue weighted by atomic mass is 16.5. The van der Waals surface area contributed by atoms with Gasteiger partial charge in [0.2, 0.25) is 0 Å². The van der Waals surface area contributed by atoms with Gasteiger partial charge in [-0.25, -0.2) is 0 Å². The summed E-state index contributed by atoms with van der Waals surface area (Å²) >= 11 is 0. The van der Waals surface area contributed by atoms with Crippen molar-refractivity contribution in [1.82, 2.24) is 5.32 Å². The molecule has 1 saturated carbocycles. The van der Waals surface area contributed by atoms with Gasteiger partial charge >= 0.3 is 0 Å². The zero-order chi connectivity index (χ0) is 11.4. The zero-order valence-electron chi connectivity index (χ0n) is 10.3. The van der Waals surface area contributed by atoms with Crippen molar-refractivity contribution < 1.29 is 9.84 Å². The molecule has 0 spiro atoms. The molecule has 2 fully saturated rings. The summed E-state index contributed by atoms with van der Waals surface area (Å²) in [6.07, 6.45) is 7.03. The third-order valence-electron chi connectivity index (χ3n) is 4.03. The van der Waals surface area contributed by atoms with Crippen molar-refractivity contribution in [3.8, 4) is 0 Å². The minimum absolute atomic E-state index is 0.0371. The normalized spacial score (nSPS) is 40.1. The molecule has 3 nitrogen and oxygen atoms in total. The van der Waals surface area contributed by atoms with Crippen LogP contribution in [0, 0.1) is 5.92 Å². The van der Waals surface area contributed by atoms with Crippen LogP contribution in [0.2, 0.25) is 0 Å². The third-order valence-corrected chi connectivity index (χ3v) is 4.03. The molecule has 2 rings (SSSR count). The van der Waals surface area contributed by atoms with E-state index in [2.05, 4.69) is 12.2 Å². The Kier molecular flexibility index (Phi) is 4.62. The van der Waals surface area contributed by atoms with Gasteiger partial charge in [0.1, 0.15) is 0 Å². The van der Waals surface area contributed by atoms with Crippen LogP contribution in [0.5, 0.6) is 0 Å². The van der Waals surface area contributed by atoms with E-state index in [4.69, 9.17) is 4.74 Å². The Hall–Kier alpha value is -0.120. The van der Waals surface area contributed by atoms with Gasteiger partial charge in [-0.05, 0) is 51.0 Å². The van der Waals surface area contributed by atoms with E-state index in [1.165, 1.54) is 6.42 Å². The Morgan fingerprint density at radius 1 is 1.25 bits per heavy atom. The fourth-order valence-electron chi connectivity index (χ4n) is 2.92. The Bertz CT molecular complexity index is 210. The lowest BCUT2D eigenvalue weighted by atomic mass is 10.0. The molecule has 1 aliphatic heterocycles. The lowest BCUT2D eigenvalue weighted by Gasteiger charge is -2.30. The van der Waals surface area contributed by atoms with Gasteiger partial charge in [-0.3, -0.25) is 0 Å². The van der Waals surface area contributed by atoms with E-state index in [1.54, 1.807) is 0 Å². The van der Waals surface area contributed by atoms with Crippen molar-refractivity contribution in [3.63, 3.8) is 0 Å². The predicted molar refractivity (Wildman–Crippen MR) is 64.4 cm³/mol. The Labute approximate surface area is 98.6 Å². The second kappa shape index (κ2) is 5.99. The quantitative estimate of drug-likeness (QED) is 0.768. The second-order valence-electron chi connectivity index (χ2n) is 5.36. The maximum atomic E-state index is 9.47. The molecule has 94 valence electrons. The van der Waals surface area contributed by atoms with Gasteiger partial charge in [-0.15, -0.1) is 0 Å². The molecule has 4 unspecified atom stereocenters. The van der Waals surface area contributed by atoms with Gasteiger partial charge in [-0.2, -0.15) is 0 Å². The van der Waals surface area contributed by atoms with Gasteiger partial charge in [0, 0.05) is 12.6 Å². The van der Waals surface area contributed by atoms with E-state index in [9.17, 15) is 5.11 Å². The molecule has 1 saturated heterocycles. The summed E-state index contributed by atoms with van der Waals surface area (Å²) in [5.41, 5.74) is 0. The van der Waals surface area contributed by atoms with Crippen LogP contribution in [0.15, 0.2) is 0 Å². The molecule has 1 heterocycles. The predicted octanol–water partition coefficient (Wildman–Crippen LogP) is 1.69. The minimum Gasteiger partial charge on any atom is -0.393 e. The molecule has 16 heavy (non-hydrogen) atoms. The number of aliphatic hydroxyl groups is 1. The van der Waals surface area contributed by atoms with Gasteiger partial charge in [-0.1, -0.05) is 6.92 Å². The van der Waals surface area contributed by atoms with Gasteiger partial charge < -0.3 is 15.2 Å². The first-order chi connectivity index (χ1) is 7.78. The maximum absolute atomic E-state index is 9.47. The first kappa shape index (κ1) is 12.3.